The Morgan fingerprint density at radius 1 is 1.27 bits per heavy atom. The van der Waals surface area contributed by atoms with Crippen LogP contribution in [-0.4, -0.2) is 67.8 Å². The Morgan fingerprint density at radius 3 is 2.60 bits per heavy atom. The molecule has 2 aliphatic heterocycles. The topological polar surface area (TPSA) is 112 Å². The van der Waals surface area contributed by atoms with E-state index < -0.39 is 0 Å². The van der Waals surface area contributed by atoms with Crippen LogP contribution in [0.1, 0.15) is 63.4 Å². The first-order valence-electron chi connectivity index (χ1n) is 14.3. The number of primary amides is 1. The van der Waals surface area contributed by atoms with Crippen molar-refractivity contribution in [1.29, 1.82) is 0 Å². The van der Waals surface area contributed by atoms with E-state index in [0.29, 0.717) is 30.7 Å². The van der Waals surface area contributed by atoms with Crippen LogP contribution in [-0.2, 0) is 9.59 Å². The number of amidine groups is 1. The fourth-order valence-corrected chi connectivity index (χ4v) is 5.96. The summed E-state index contributed by atoms with van der Waals surface area (Å²) >= 11 is 0. The van der Waals surface area contributed by atoms with Crippen molar-refractivity contribution >= 4 is 23.8 Å². The molecule has 0 spiro atoms. The lowest BCUT2D eigenvalue weighted by molar-refractivity contribution is -0.131. The zero-order valence-corrected chi connectivity index (χ0v) is 24.3. The number of anilines is 1. The van der Waals surface area contributed by atoms with E-state index in [-0.39, 0.29) is 18.2 Å². The molecular formula is C31H46N6O3. The van der Waals surface area contributed by atoms with Crippen LogP contribution in [0.5, 0.6) is 5.75 Å². The summed E-state index contributed by atoms with van der Waals surface area (Å²) in [7, 11) is 3.54. The maximum absolute atomic E-state index is 13.3. The lowest BCUT2D eigenvalue weighted by Gasteiger charge is -2.32. The summed E-state index contributed by atoms with van der Waals surface area (Å²) in [5.41, 5.74) is 7.10. The van der Waals surface area contributed by atoms with Gasteiger partial charge in [0, 0.05) is 26.2 Å². The van der Waals surface area contributed by atoms with Crippen LogP contribution in [0.4, 0.5) is 5.69 Å². The van der Waals surface area contributed by atoms with Crippen molar-refractivity contribution in [3.8, 4) is 5.75 Å². The van der Waals surface area contributed by atoms with Gasteiger partial charge in [-0.05, 0) is 69.2 Å². The molecule has 2 unspecified atom stereocenters. The van der Waals surface area contributed by atoms with Crippen LogP contribution in [0.3, 0.4) is 0 Å². The van der Waals surface area contributed by atoms with Gasteiger partial charge in [0.1, 0.15) is 11.6 Å². The molecule has 218 valence electrons. The Morgan fingerprint density at radius 2 is 2.00 bits per heavy atom. The molecule has 0 radical (unpaired) electrons. The highest BCUT2D eigenvalue weighted by Gasteiger charge is 2.37. The number of carbonyl (C=O) groups excluding carboxylic acids is 2. The Kier molecular flexibility index (Phi) is 11.8. The summed E-state index contributed by atoms with van der Waals surface area (Å²) in [6, 6.07) is 6.72. The van der Waals surface area contributed by atoms with Crippen molar-refractivity contribution in [2.24, 2.45) is 16.6 Å². The predicted octanol–water partition coefficient (Wildman–Crippen LogP) is 4.36. The molecule has 1 aliphatic carbocycles. The molecule has 3 fully saturated rings. The number of piperidine rings is 1. The number of likely N-dealkylation sites (N-methyl/N-ethyl adjacent to an activating group) is 1. The number of amides is 2. The SMILES string of the molecule is C=CCC1CN(C2CCCC2)C(=N/C(=C)Nc2ccc(C3CCCNC3)cc2OC)/C(=C\C)N(C)C1=O.NC=O. The first-order chi connectivity index (χ1) is 19.4. The molecule has 4 N–H and O–H groups in total. The van der Waals surface area contributed by atoms with Crippen LogP contribution in [0.25, 0.3) is 0 Å². The fourth-order valence-electron chi connectivity index (χ4n) is 5.96. The maximum Gasteiger partial charge on any atom is 0.232 e. The lowest BCUT2D eigenvalue weighted by Crippen LogP contribution is -2.42. The third kappa shape index (κ3) is 7.53. The molecule has 4 rings (SSSR count). The van der Waals surface area contributed by atoms with Gasteiger partial charge in [-0.1, -0.05) is 37.6 Å². The molecule has 9 nitrogen and oxygen atoms in total. The summed E-state index contributed by atoms with van der Waals surface area (Å²) in [6.07, 6.45) is 11.7. The number of ether oxygens (including phenoxy) is 1. The highest BCUT2D eigenvalue weighted by molar-refractivity contribution is 6.04. The summed E-state index contributed by atoms with van der Waals surface area (Å²) in [5, 5.41) is 6.87. The molecule has 2 saturated heterocycles. The quantitative estimate of drug-likeness (QED) is 0.328. The van der Waals surface area contributed by atoms with Gasteiger partial charge in [-0.25, -0.2) is 4.99 Å². The van der Waals surface area contributed by atoms with E-state index in [1.54, 1.807) is 12.0 Å². The Hall–Kier alpha value is -3.59. The molecular weight excluding hydrogens is 504 g/mol. The van der Waals surface area contributed by atoms with Gasteiger partial charge in [0.15, 0.2) is 5.84 Å². The van der Waals surface area contributed by atoms with Crippen LogP contribution in [0.15, 0.2) is 60.0 Å². The average Bonchev–Trinajstić information content (AvgIpc) is 3.48. The Labute approximate surface area is 239 Å². The van der Waals surface area contributed by atoms with E-state index in [2.05, 4.69) is 52.6 Å². The van der Waals surface area contributed by atoms with E-state index in [9.17, 15) is 4.79 Å². The molecule has 9 heteroatoms. The molecule has 1 aromatic rings. The number of nitrogens with two attached hydrogens (primary N) is 1. The summed E-state index contributed by atoms with van der Waals surface area (Å²) in [6.45, 7) is 12.8. The molecule has 3 aliphatic rings. The van der Waals surface area contributed by atoms with E-state index in [1.807, 2.05) is 26.1 Å². The van der Waals surface area contributed by atoms with Gasteiger partial charge in [-0.2, -0.15) is 0 Å². The molecule has 2 heterocycles. The van der Waals surface area contributed by atoms with Gasteiger partial charge >= 0.3 is 0 Å². The number of carbonyl (C=O) groups is 2. The lowest BCUT2D eigenvalue weighted by atomic mass is 9.91. The zero-order valence-electron chi connectivity index (χ0n) is 24.3. The second kappa shape index (κ2) is 15.3. The van der Waals surface area contributed by atoms with Gasteiger partial charge in [-0.3, -0.25) is 9.59 Å². The van der Waals surface area contributed by atoms with Crippen LogP contribution >= 0.6 is 0 Å². The largest absolute Gasteiger partial charge is 0.495 e. The van der Waals surface area contributed by atoms with E-state index in [4.69, 9.17) is 14.5 Å². The zero-order chi connectivity index (χ0) is 29.1. The first kappa shape index (κ1) is 30.9. The third-order valence-corrected chi connectivity index (χ3v) is 7.96. The normalized spacial score (nSPS) is 23.8. The van der Waals surface area contributed by atoms with Gasteiger partial charge in [0.2, 0.25) is 12.3 Å². The molecule has 0 aromatic heterocycles. The fraction of sp³-hybridized carbons (Fsp3) is 0.516. The maximum atomic E-state index is 13.3. The monoisotopic (exact) mass is 550 g/mol. The number of benzene rings is 1. The minimum absolute atomic E-state index is 0.106. The molecule has 2 atom stereocenters. The van der Waals surface area contributed by atoms with E-state index in [1.165, 1.54) is 31.2 Å². The van der Waals surface area contributed by atoms with Crippen molar-refractivity contribution in [3.05, 3.63) is 60.6 Å². The molecule has 1 saturated carbocycles. The number of hydrogen-bond donors (Lipinski definition) is 3. The van der Waals surface area contributed by atoms with Crippen molar-refractivity contribution in [2.75, 3.05) is 39.1 Å². The Balaban J connectivity index is 0.00000141. The number of nitrogens with zero attached hydrogens (tertiary/aromatic N) is 3. The van der Waals surface area contributed by atoms with Gasteiger partial charge in [0.25, 0.3) is 0 Å². The minimum Gasteiger partial charge on any atom is -0.495 e. The number of allylic oxidation sites excluding steroid dienone is 2. The Bertz CT molecular complexity index is 1100. The smallest absolute Gasteiger partial charge is 0.232 e. The van der Waals surface area contributed by atoms with Crippen LogP contribution in [0.2, 0.25) is 0 Å². The number of hydrogen-bond acceptors (Lipinski definition) is 6. The van der Waals surface area contributed by atoms with Crippen LogP contribution in [0, 0.1) is 5.92 Å². The van der Waals surface area contributed by atoms with Gasteiger partial charge in [-0.15, -0.1) is 6.58 Å². The van der Waals surface area contributed by atoms with Crippen molar-refractivity contribution in [3.63, 3.8) is 0 Å². The minimum atomic E-state index is -0.145. The molecule has 1 aromatic carbocycles. The number of aliphatic imine (C=N–C) groups is 1. The number of nitrogens with one attached hydrogen (secondary N) is 2. The highest BCUT2D eigenvalue weighted by Crippen LogP contribution is 2.34. The average molecular weight is 551 g/mol. The van der Waals surface area contributed by atoms with Crippen molar-refractivity contribution in [2.45, 2.75) is 63.8 Å². The summed E-state index contributed by atoms with van der Waals surface area (Å²) in [5.74, 6) is 2.56. The first-order valence-corrected chi connectivity index (χ1v) is 14.3. The van der Waals surface area contributed by atoms with Gasteiger partial charge in [0.05, 0.1) is 24.4 Å². The standard InChI is InChI=1S/C30H43N5O2.CH3NO/c1-6-11-24-20-35(25-13-8-9-14-25)29(27(7-2)34(4)30(24)36)33-21(3)32-26-16-15-22(18-28(26)37-5)23-12-10-17-31-19-23;2-1-3/h6-7,15-16,18,23-25,31-32H,1,3,8-14,17,19-20H2,2,4-5H3;1H,(H2,2,3)/b27-7+,33-29+;. The van der Waals surface area contributed by atoms with Crippen molar-refractivity contribution in [1.82, 2.24) is 15.1 Å². The van der Waals surface area contributed by atoms with Crippen molar-refractivity contribution < 1.29 is 14.3 Å². The predicted molar refractivity (Wildman–Crippen MR) is 162 cm³/mol. The number of rotatable bonds is 8. The molecule has 0 bridgehead atoms. The highest BCUT2D eigenvalue weighted by atomic mass is 16.5. The van der Waals surface area contributed by atoms with E-state index in [0.717, 1.165) is 48.9 Å². The van der Waals surface area contributed by atoms with E-state index >= 15 is 0 Å². The summed E-state index contributed by atoms with van der Waals surface area (Å²) < 4.78 is 5.75. The second-order valence-electron chi connectivity index (χ2n) is 10.5. The molecule has 40 heavy (non-hydrogen) atoms. The second-order valence-corrected chi connectivity index (χ2v) is 10.5. The molecule has 2 amide bonds. The van der Waals surface area contributed by atoms with Crippen LogP contribution < -0.4 is 21.1 Å². The number of methoxy groups -OCH3 is 1. The third-order valence-electron chi connectivity index (χ3n) is 7.96. The summed E-state index contributed by atoms with van der Waals surface area (Å²) in [4.78, 5) is 31.0. The van der Waals surface area contributed by atoms with Gasteiger partial charge < -0.3 is 30.9 Å².